The van der Waals surface area contributed by atoms with Crippen molar-refractivity contribution in [3.63, 3.8) is 0 Å². The van der Waals surface area contributed by atoms with E-state index in [1.807, 2.05) is 12.1 Å². The molecule has 2 rings (SSSR count). The van der Waals surface area contributed by atoms with E-state index in [-0.39, 0.29) is 0 Å². The largest absolute Gasteiger partial charge is 0.399 e. The number of nitrogens with two attached hydrogens (primary N) is 1. The molecule has 1 aromatic rings. The second-order valence-electron chi connectivity index (χ2n) is 4.98. The van der Waals surface area contributed by atoms with Crippen molar-refractivity contribution >= 4 is 5.69 Å². The number of nitrogens with one attached hydrogen (secondary N) is 1. The Hall–Kier alpha value is -1.02. The molecule has 0 amide bonds. The van der Waals surface area contributed by atoms with E-state index < -0.39 is 0 Å². The predicted molar refractivity (Wildman–Crippen MR) is 64.8 cm³/mol. The lowest BCUT2D eigenvalue weighted by molar-refractivity contribution is 0.502. The van der Waals surface area contributed by atoms with Crippen LogP contribution in [0.15, 0.2) is 24.3 Å². The Morgan fingerprint density at radius 1 is 1.40 bits per heavy atom. The quantitative estimate of drug-likeness (QED) is 0.570. The summed E-state index contributed by atoms with van der Waals surface area (Å²) >= 11 is 0. The van der Waals surface area contributed by atoms with Crippen LogP contribution in [-0.4, -0.2) is 13.1 Å². The van der Waals surface area contributed by atoms with Gasteiger partial charge in [-0.2, -0.15) is 0 Å². The third-order valence-corrected chi connectivity index (χ3v) is 3.20. The van der Waals surface area contributed by atoms with Gasteiger partial charge in [-0.15, -0.1) is 0 Å². The Balaban J connectivity index is 1.69. The average Bonchev–Trinajstić information content (AvgIpc) is 2.92. The molecule has 15 heavy (non-hydrogen) atoms. The summed E-state index contributed by atoms with van der Waals surface area (Å²) in [6.07, 6.45) is 3.84. The van der Waals surface area contributed by atoms with Crippen molar-refractivity contribution in [1.82, 2.24) is 5.32 Å². The number of rotatable bonds is 5. The van der Waals surface area contributed by atoms with Gasteiger partial charge in [0, 0.05) is 12.2 Å². The molecule has 0 aliphatic heterocycles. The summed E-state index contributed by atoms with van der Waals surface area (Å²) in [5.41, 5.74) is 8.51. The number of hydrogen-bond donors (Lipinski definition) is 2. The number of nitrogen functional groups attached to an aromatic ring is 1. The minimum absolute atomic E-state index is 0.607. The molecule has 1 aliphatic carbocycles. The molecule has 0 unspecified atom stereocenters. The summed E-state index contributed by atoms with van der Waals surface area (Å²) in [4.78, 5) is 0. The standard InChI is InChI=1S/C13H20N2/c1-13(6-7-13)10-15-8-5-11-3-2-4-12(14)9-11/h2-4,9,15H,5-8,10,14H2,1H3. The second kappa shape index (κ2) is 4.23. The van der Waals surface area contributed by atoms with Gasteiger partial charge < -0.3 is 11.1 Å². The lowest BCUT2D eigenvalue weighted by Crippen LogP contribution is -2.24. The molecule has 1 aliphatic rings. The molecule has 0 atom stereocenters. The van der Waals surface area contributed by atoms with E-state index in [2.05, 4.69) is 24.4 Å². The molecular formula is C13H20N2. The van der Waals surface area contributed by atoms with E-state index in [1.165, 1.54) is 18.4 Å². The van der Waals surface area contributed by atoms with Gasteiger partial charge in [-0.3, -0.25) is 0 Å². The Morgan fingerprint density at radius 2 is 2.20 bits per heavy atom. The number of anilines is 1. The SMILES string of the molecule is CC1(CNCCc2cccc(N)c2)CC1. The van der Waals surface area contributed by atoms with Crippen LogP contribution in [0, 0.1) is 5.41 Å². The molecule has 0 heterocycles. The molecule has 82 valence electrons. The predicted octanol–water partition coefficient (Wildman–Crippen LogP) is 2.20. The zero-order chi connectivity index (χ0) is 10.7. The Bertz CT molecular complexity index is 329. The van der Waals surface area contributed by atoms with E-state index in [9.17, 15) is 0 Å². The first-order valence-corrected chi connectivity index (χ1v) is 5.73. The Morgan fingerprint density at radius 3 is 2.87 bits per heavy atom. The molecule has 0 aromatic heterocycles. The molecule has 1 saturated carbocycles. The summed E-state index contributed by atoms with van der Waals surface area (Å²) in [5, 5.41) is 3.51. The van der Waals surface area contributed by atoms with Gasteiger partial charge >= 0.3 is 0 Å². The van der Waals surface area contributed by atoms with Crippen LogP contribution >= 0.6 is 0 Å². The Kier molecular flexibility index (Phi) is 2.96. The molecule has 3 N–H and O–H groups in total. The zero-order valence-corrected chi connectivity index (χ0v) is 9.42. The molecular weight excluding hydrogens is 184 g/mol. The van der Waals surface area contributed by atoms with Crippen molar-refractivity contribution in [3.8, 4) is 0 Å². The van der Waals surface area contributed by atoms with Gasteiger partial charge in [0.1, 0.15) is 0 Å². The third kappa shape index (κ3) is 3.24. The van der Waals surface area contributed by atoms with Crippen LogP contribution in [0.4, 0.5) is 5.69 Å². The average molecular weight is 204 g/mol. The van der Waals surface area contributed by atoms with E-state index >= 15 is 0 Å². The molecule has 0 saturated heterocycles. The van der Waals surface area contributed by atoms with Gasteiger partial charge in [0.05, 0.1) is 0 Å². The number of hydrogen-bond acceptors (Lipinski definition) is 2. The highest BCUT2D eigenvalue weighted by Crippen LogP contribution is 2.43. The molecule has 0 radical (unpaired) electrons. The van der Waals surface area contributed by atoms with Gasteiger partial charge in [-0.25, -0.2) is 0 Å². The fraction of sp³-hybridized carbons (Fsp3) is 0.538. The summed E-state index contributed by atoms with van der Waals surface area (Å²) in [7, 11) is 0. The van der Waals surface area contributed by atoms with Crippen molar-refractivity contribution in [3.05, 3.63) is 29.8 Å². The maximum atomic E-state index is 5.72. The van der Waals surface area contributed by atoms with Crippen molar-refractivity contribution in [2.75, 3.05) is 18.8 Å². The molecule has 1 fully saturated rings. The topological polar surface area (TPSA) is 38.0 Å². The minimum Gasteiger partial charge on any atom is -0.399 e. The minimum atomic E-state index is 0.607. The van der Waals surface area contributed by atoms with Crippen LogP contribution in [0.5, 0.6) is 0 Å². The van der Waals surface area contributed by atoms with Gasteiger partial charge in [-0.1, -0.05) is 19.1 Å². The highest BCUT2D eigenvalue weighted by Gasteiger charge is 2.36. The molecule has 2 heteroatoms. The summed E-state index contributed by atoms with van der Waals surface area (Å²) in [6.45, 7) is 4.56. The monoisotopic (exact) mass is 204 g/mol. The van der Waals surface area contributed by atoms with Crippen LogP contribution in [0.3, 0.4) is 0 Å². The zero-order valence-electron chi connectivity index (χ0n) is 9.42. The fourth-order valence-electron chi connectivity index (χ4n) is 1.76. The number of benzene rings is 1. The van der Waals surface area contributed by atoms with E-state index in [0.29, 0.717) is 5.41 Å². The second-order valence-corrected chi connectivity index (χ2v) is 4.98. The maximum Gasteiger partial charge on any atom is 0.0316 e. The van der Waals surface area contributed by atoms with Crippen molar-refractivity contribution < 1.29 is 0 Å². The Labute approximate surface area is 91.9 Å². The van der Waals surface area contributed by atoms with Gasteiger partial charge in [-0.05, 0) is 48.9 Å². The first kappa shape index (κ1) is 10.5. The van der Waals surface area contributed by atoms with E-state index in [0.717, 1.165) is 25.2 Å². The summed E-state index contributed by atoms with van der Waals surface area (Å²) in [6, 6.07) is 8.15. The molecule has 0 spiro atoms. The highest BCUT2D eigenvalue weighted by atomic mass is 14.9. The van der Waals surface area contributed by atoms with Gasteiger partial charge in [0.25, 0.3) is 0 Å². The van der Waals surface area contributed by atoms with Crippen molar-refractivity contribution in [2.24, 2.45) is 5.41 Å². The van der Waals surface area contributed by atoms with Crippen LogP contribution in [0.1, 0.15) is 25.3 Å². The lowest BCUT2D eigenvalue weighted by atomic mass is 10.1. The molecule has 0 bridgehead atoms. The first-order chi connectivity index (χ1) is 7.18. The van der Waals surface area contributed by atoms with E-state index in [4.69, 9.17) is 5.73 Å². The van der Waals surface area contributed by atoms with Crippen LogP contribution < -0.4 is 11.1 Å². The summed E-state index contributed by atoms with van der Waals surface area (Å²) < 4.78 is 0. The molecule has 1 aromatic carbocycles. The first-order valence-electron chi connectivity index (χ1n) is 5.73. The van der Waals surface area contributed by atoms with Gasteiger partial charge in [0.15, 0.2) is 0 Å². The van der Waals surface area contributed by atoms with Crippen LogP contribution in [0.2, 0.25) is 0 Å². The van der Waals surface area contributed by atoms with Crippen molar-refractivity contribution in [2.45, 2.75) is 26.2 Å². The fourth-order valence-corrected chi connectivity index (χ4v) is 1.76. The molecule has 2 nitrogen and oxygen atoms in total. The lowest BCUT2D eigenvalue weighted by Gasteiger charge is -2.09. The normalized spacial score (nSPS) is 17.7. The smallest absolute Gasteiger partial charge is 0.0316 e. The van der Waals surface area contributed by atoms with E-state index in [1.54, 1.807) is 0 Å². The van der Waals surface area contributed by atoms with Crippen LogP contribution in [0.25, 0.3) is 0 Å². The van der Waals surface area contributed by atoms with Gasteiger partial charge in [0.2, 0.25) is 0 Å². The maximum absolute atomic E-state index is 5.72. The van der Waals surface area contributed by atoms with Crippen LogP contribution in [-0.2, 0) is 6.42 Å². The highest BCUT2D eigenvalue weighted by molar-refractivity contribution is 5.40. The van der Waals surface area contributed by atoms with Crippen molar-refractivity contribution in [1.29, 1.82) is 0 Å². The summed E-state index contributed by atoms with van der Waals surface area (Å²) in [5.74, 6) is 0. The third-order valence-electron chi connectivity index (χ3n) is 3.20.